The monoisotopic (exact) mass is 363 g/mol. The van der Waals surface area contributed by atoms with Crippen molar-refractivity contribution in [3.8, 4) is 6.07 Å². The summed E-state index contributed by atoms with van der Waals surface area (Å²) in [6.07, 6.45) is 0.549. The molecule has 0 radical (unpaired) electrons. The van der Waals surface area contributed by atoms with Gasteiger partial charge in [0, 0.05) is 25.6 Å². The number of nitrogens with zero attached hydrogens (tertiary/aromatic N) is 2. The molecule has 1 saturated heterocycles. The number of nitriles is 1. The van der Waals surface area contributed by atoms with E-state index >= 15 is 0 Å². The van der Waals surface area contributed by atoms with Gasteiger partial charge in [0.25, 0.3) is 10.2 Å². The number of hydrogen-bond acceptors (Lipinski definition) is 8. The molecule has 0 aliphatic carbocycles. The van der Waals surface area contributed by atoms with Crippen LogP contribution in [0.1, 0.15) is 12.8 Å². The van der Waals surface area contributed by atoms with Crippen LogP contribution in [-0.2, 0) is 15.0 Å². The van der Waals surface area contributed by atoms with Crippen LogP contribution < -0.4 is 16.2 Å². The van der Waals surface area contributed by atoms with Gasteiger partial charge >= 0.3 is 13.1 Å². The molecule has 3 atom stereocenters. The zero-order chi connectivity index (χ0) is 18.5. The third-order valence-corrected chi connectivity index (χ3v) is 5.48. The van der Waals surface area contributed by atoms with Crippen molar-refractivity contribution in [1.29, 1.82) is 5.26 Å². The lowest BCUT2D eigenvalue weighted by Crippen LogP contribution is -2.55. The van der Waals surface area contributed by atoms with Crippen molar-refractivity contribution >= 4 is 23.3 Å². The largest absolute Gasteiger partial charge is 0.480 e. The number of carboxylic acids is 1. The third kappa shape index (κ3) is 5.11. The van der Waals surface area contributed by atoms with Crippen molar-refractivity contribution in [2.75, 3.05) is 19.6 Å². The van der Waals surface area contributed by atoms with Crippen LogP contribution in [0.25, 0.3) is 0 Å². The van der Waals surface area contributed by atoms with E-state index in [9.17, 15) is 18.3 Å². The number of carboxylic acid groups (broad SMARTS) is 1. The van der Waals surface area contributed by atoms with Gasteiger partial charge in [-0.05, 0) is 12.7 Å². The molecular weight excluding hydrogens is 341 g/mol. The van der Waals surface area contributed by atoms with Crippen molar-refractivity contribution < 1.29 is 28.4 Å². The maximum atomic E-state index is 12.2. The van der Waals surface area contributed by atoms with E-state index in [0.717, 1.165) is 4.31 Å². The highest BCUT2D eigenvalue weighted by Crippen LogP contribution is 2.31. The summed E-state index contributed by atoms with van der Waals surface area (Å²) in [6.45, 7) is -0.853. The Balaban J connectivity index is 2.82. The van der Waals surface area contributed by atoms with Gasteiger partial charge in [-0.3, -0.25) is 4.79 Å². The lowest BCUT2D eigenvalue weighted by Gasteiger charge is -2.25. The molecular formula is C11H22BN5O6S. The lowest BCUT2D eigenvalue weighted by molar-refractivity contribution is -0.144. The maximum absolute atomic E-state index is 12.2. The first kappa shape index (κ1) is 20.8. The van der Waals surface area contributed by atoms with E-state index in [1.807, 2.05) is 0 Å². The molecule has 0 unspecified atom stereocenters. The number of hydrogen-bond donors (Lipinski definition) is 6. The topological polar surface area (TPSA) is 203 Å². The third-order valence-electron chi connectivity index (χ3n) is 3.99. The number of aliphatic carboxylic acids is 1. The summed E-state index contributed by atoms with van der Waals surface area (Å²) in [6, 6.07) is 0.654. The van der Waals surface area contributed by atoms with Gasteiger partial charge in [0.15, 0.2) is 0 Å². The van der Waals surface area contributed by atoms with Gasteiger partial charge < -0.3 is 26.6 Å². The fourth-order valence-corrected chi connectivity index (χ4v) is 3.88. The predicted octanol–water partition coefficient (Wildman–Crippen LogP) is -3.36. The Morgan fingerprint density at radius 2 is 2.17 bits per heavy atom. The molecule has 1 rings (SSSR count). The van der Waals surface area contributed by atoms with Crippen LogP contribution in [0.15, 0.2) is 0 Å². The number of nitrogens with two attached hydrogens (primary N) is 2. The van der Waals surface area contributed by atoms with Gasteiger partial charge in [0.1, 0.15) is 11.6 Å². The molecule has 0 aromatic heterocycles. The highest BCUT2D eigenvalue weighted by atomic mass is 32.2. The van der Waals surface area contributed by atoms with Crippen LogP contribution in [0.4, 0.5) is 0 Å². The summed E-state index contributed by atoms with van der Waals surface area (Å²) in [5, 5.41) is 35.6. The molecule has 0 aromatic rings. The molecule has 1 fully saturated rings. The van der Waals surface area contributed by atoms with Crippen molar-refractivity contribution in [3.63, 3.8) is 0 Å². The Morgan fingerprint density at radius 1 is 1.54 bits per heavy atom. The Kier molecular flexibility index (Phi) is 7.11. The van der Waals surface area contributed by atoms with Gasteiger partial charge in [0.2, 0.25) is 0 Å². The highest BCUT2D eigenvalue weighted by Gasteiger charge is 2.52. The van der Waals surface area contributed by atoms with Crippen LogP contribution >= 0.6 is 0 Å². The van der Waals surface area contributed by atoms with Crippen LogP contribution in [0, 0.1) is 17.2 Å². The van der Waals surface area contributed by atoms with Gasteiger partial charge in [-0.25, -0.2) is 0 Å². The second-order valence-corrected chi connectivity index (χ2v) is 7.59. The van der Waals surface area contributed by atoms with E-state index < -0.39 is 47.3 Å². The smallest absolute Gasteiger partial charge is 0.451 e. The first-order valence-electron chi connectivity index (χ1n) is 7.31. The summed E-state index contributed by atoms with van der Waals surface area (Å²) >= 11 is 0. The molecule has 13 heteroatoms. The van der Waals surface area contributed by atoms with Gasteiger partial charge in [-0.2, -0.15) is 22.7 Å². The van der Waals surface area contributed by atoms with E-state index in [4.69, 9.17) is 26.8 Å². The minimum atomic E-state index is -4.03. The fourth-order valence-electron chi connectivity index (χ4n) is 2.55. The molecule has 0 spiro atoms. The van der Waals surface area contributed by atoms with Crippen LogP contribution in [0.3, 0.4) is 0 Å². The average Bonchev–Trinajstić information content (AvgIpc) is 2.84. The Bertz CT molecular complexity index is 596. The molecule has 1 aliphatic heterocycles. The standard InChI is InChI=1S/C11H22BN5O6S/c13-4-9(14)5-16-24(22,23)17-6-8(2-1-3-12(20)21)11(15,7-17)10(18)19/h8-9,16,20-21H,1-3,5-7,14-15H2,(H,18,19)/t8-,9+,11-/m0/s1. The van der Waals surface area contributed by atoms with E-state index in [-0.39, 0.29) is 32.3 Å². The molecule has 0 bridgehead atoms. The normalized spacial score (nSPS) is 26.0. The minimum absolute atomic E-state index is 0.0359. The highest BCUT2D eigenvalue weighted by molar-refractivity contribution is 7.87. The van der Waals surface area contributed by atoms with Crippen molar-refractivity contribution in [3.05, 3.63) is 0 Å². The molecule has 8 N–H and O–H groups in total. The molecule has 11 nitrogen and oxygen atoms in total. The molecule has 0 aromatic carbocycles. The fraction of sp³-hybridized carbons (Fsp3) is 0.818. The second kappa shape index (κ2) is 8.21. The SMILES string of the molecule is N#C[C@@H](N)CNS(=O)(=O)N1C[C@H](CCCB(O)O)[C@](N)(C(=O)O)C1. The molecule has 1 aliphatic rings. The molecule has 0 amide bonds. The van der Waals surface area contributed by atoms with E-state index in [1.165, 1.54) is 0 Å². The predicted molar refractivity (Wildman–Crippen MR) is 84.4 cm³/mol. The second-order valence-electron chi connectivity index (χ2n) is 5.84. The molecule has 1 heterocycles. The number of carbonyl (C=O) groups is 1. The average molecular weight is 363 g/mol. The summed E-state index contributed by atoms with van der Waals surface area (Å²) in [4.78, 5) is 11.5. The molecule has 136 valence electrons. The Hall–Kier alpha value is -1.27. The van der Waals surface area contributed by atoms with Crippen LogP contribution in [0.2, 0.25) is 6.32 Å². The van der Waals surface area contributed by atoms with E-state index in [1.54, 1.807) is 6.07 Å². The maximum Gasteiger partial charge on any atom is 0.451 e. The zero-order valence-electron chi connectivity index (χ0n) is 13.0. The summed E-state index contributed by atoms with van der Waals surface area (Å²) < 4.78 is 27.5. The quantitative estimate of drug-likeness (QED) is 0.226. The number of rotatable bonds is 9. The van der Waals surface area contributed by atoms with E-state index in [0.29, 0.717) is 0 Å². The van der Waals surface area contributed by atoms with E-state index in [2.05, 4.69) is 4.72 Å². The first-order valence-corrected chi connectivity index (χ1v) is 8.75. The first-order chi connectivity index (χ1) is 11.0. The van der Waals surface area contributed by atoms with Crippen molar-refractivity contribution in [1.82, 2.24) is 9.03 Å². The van der Waals surface area contributed by atoms with Crippen LogP contribution in [0.5, 0.6) is 0 Å². The summed E-state index contributed by atoms with van der Waals surface area (Å²) in [7, 11) is -5.55. The van der Waals surface area contributed by atoms with Crippen LogP contribution in [-0.4, -0.2) is 72.2 Å². The number of nitrogens with one attached hydrogen (secondary N) is 1. The van der Waals surface area contributed by atoms with Gasteiger partial charge in [-0.15, -0.1) is 0 Å². The van der Waals surface area contributed by atoms with Gasteiger partial charge in [-0.1, -0.05) is 6.42 Å². The van der Waals surface area contributed by atoms with Crippen molar-refractivity contribution in [2.24, 2.45) is 17.4 Å². The van der Waals surface area contributed by atoms with Crippen molar-refractivity contribution in [2.45, 2.75) is 30.7 Å². The Labute approximate surface area is 140 Å². The molecule has 0 saturated carbocycles. The lowest BCUT2D eigenvalue weighted by atomic mass is 9.78. The molecule has 24 heavy (non-hydrogen) atoms. The summed E-state index contributed by atoms with van der Waals surface area (Å²) in [5.41, 5.74) is 9.45. The Morgan fingerprint density at radius 3 is 2.67 bits per heavy atom. The zero-order valence-corrected chi connectivity index (χ0v) is 13.8. The summed E-state index contributed by atoms with van der Waals surface area (Å²) in [5.74, 6) is -2.02. The van der Waals surface area contributed by atoms with Gasteiger partial charge in [0.05, 0.1) is 6.07 Å². The minimum Gasteiger partial charge on any atom is -0.480 e.